The Hall–Kier alpha value is -2.93. The molecule has 0 unspecified atom stereocenters. The van der Waals surface area contributed by atoms with Gasteiger partial charge < -0.3 is 14.5 Å². The van der Waals surface area contributed by atoms with E-state index in [0.29, 0.717) is 22.3 Å². The number of aromatic nitrogens is 3. The number of benzene rings is 2. The second-order valence-electron chi connectivity index (χ2n) is 7.34. The van der Waals surface area contributed by atoms with Gasteiger partial charge in [-0.25, -0.2) is 4.79 Å². The summed E-state index contributed by atoms with van der Waals surface area (Å²) in [5.74, 6) is 0.194. The first-order valence-corrected chi connectivity index (χ1v) is 10.3. The molecule has 1 fully saturated rings. The van der Waals surface area contributed by atoms with Crippen LogP contribution in [0.5, 0.6) is 5.75 Å². The standard InChI is InChI=1S/C22H26N4O3/c1-2-3-14-25-15-12-18(13-16-25)28-20-11-7-10-19-21(20)23-24-26(19)29-22(27)17-8-5-4-6-9-17/h4-11,18H,2-3,12-16H2,1H3. The summed E-state index contributed by atoms with van der Waals surface area (Å²) >= 11 is 0. The Morgan fingerprint density at radius 2 is 1.90 bits per heavy atom. The smallest absolute Gasteiger partial charge is 0.365 e. The molecule has 152 valence electrons. The molecule has 3 aromatic rings. The molecule has 2 aromatic carbocycles. The molecule has 1 aromatic heterocycles. The summed E-state index contributed by atoms with van der Waals surface area (Å²) in [6, 6.07) is 14.4. The van der Waals surface area contributed by atoms with Gasteiger partial charge in [0.15, 0.2) is 5.52 Å². The second-order valence-corrected chi connectivity index (χ2v) is 7.34. The van der Waals surface area contributed by atoms with Crippen LogP contribution in [0.1, 0.15) is 43.0 Å². The molecule has 0 spiro atoms. The molecule has 7 nitrogen and oxygen atoms in total. The summed E-state index contributed by atoms with van der Waals surface area (Å²) in [6.07, 6.45) is 4.63. The van der Waals surface area contributed by atoms with Crippen molar-refractivity contribution >= 4 is 17.0 Å². The number of hydrogen-bond donors (Lipinski definition) is 0. The minimum Gasteiger partial charge on any atom is -0.488 e. The molecular weight excluding hydrogens is 368 g/mol. The molecule has 1 saturated heterocycles. The van der Waals surface area contributed by atoms with Gasteiger partial charge in [0.05, 0.1) is 5.56 Å². The monoisotopic (exact) mass is 394 g/mol. The third-order valence-electron chi connectivity index (χ3n) is 5.24. The Labute approximate surface area is 170 Å². The summed E-state index contributed by atoms with van der Waals surface area (Å²) < 4.78 is 6.24. The van der Waals surface area contributed by atoms with Crippen molar-refractivity contribution in [1.82, 2.24) is 20.1 Å². The summed E-state index contributed by atoms with van der Waals surface area (Å²) in [6.45, 7) is 5.50. The summed E-state index contributed by atoms with van der Waals surface area (Å²) in [5.41, 5.74) is 1.66. The van der Waals surface area contributed by atoms with E-state index >= 15 is 0 Å². The topological polar surface area (TPSA) is 69.5 Å². The van der Waals surface area contributed by atoms with Crippen LogP contribution in [0.25, 0.3) is 11.0 Å². The Morgan fingerprint density at radius 3 is 2.66 bits per heavy atom. The van der Waals surface area contributed by atoms with E-state index in [1.54, 1.807) is 24.3 Å². The second kappa shape index (κ2) is 9.05. The average molecular weight is 394 g/mol. The third kappa shape index (κ3) is 4.56. The van der Waals surface area contributed by atoms with Gasteiger partial charge in [-0.3, -0.25) is 0 Å². The van der Waals surface area contributed by atoms with Crippen molar-refractivity contribution in [2.24, 2.45) is 0 Å². The molecule has 1 aliphatic heterocycles. The lowest BCUT2D eigenvalue weighted by molar-refractivity contribution is 0.0408. The predicted molar refractivity (Wildman–Crippen MR) is 110 cm³/mol. The van der Waals surface area contributed by atoms with Gasteiger partial charge >= 0.3 is 5.97 Å². The van der Waals surface area contributed by atoms with Gasteiger partial charge in [-0.15, -0.1) is 5.10 Å². The lowest BCUT2D eigenvalue weighted by Crippen LogP contribution is -2.38. The van der Waals surface area contributed by atoms with Gasteiger partial charge in [-0.05, 0) is 55.3 Å². The fourth-order valence-corrected chi connectivity index (χ4v) is 3.58. The summed E-state index contributed by atoms with van der Waals surface area (Å²) in [7, 11) is 0. The Morgan fingerprint density at radius 1 is 1.10 bits per heavy atom. The molecule has 0 aliphatic carbocycles. The van der Waals surface area contributed by atoms with Crippen LogP contribution in [0, 0.1) is 0 Å². The summed E-state index contributed by atoms with van der Waals surface area (Å²) in [4.78, 5) is 21.4. The minimum atomic E-state index is -0.483. The van der Waals surface area contributed by atoms with Crippen molar-refractivity contribution in [3.05, 3.63) is 54.1 Å². The number of carbonyl (C=O) groups is 1. The van der Waals surface area contributed by atoms with Gasteiger partial charge in [0, 0.05) is 13.1 Å². The Kier molecular flexibility index (Phi) is 6.05. The van der Waals surface area contributed by atoms with Crippen LogP contribution in [-0.4, -0.2) is 51.8 Å². The van der Waals surface area contributed by atoms with Crippen molar-refractivity contribution in [2.75, 3.05) is 19.6 Å². The lowest BCUT2D eigenvalue weighted by atomic mass is 10.1. The van der Waals surface area contributed by atoms with E-state index in [1.165, 1.54) is 19.4 Å². The molecule has 7 heteroatoms. The maximum absolute atomic E-state index is 12.3. The number of rotatable bonds is 7. The number of unbranched alkanes of at least 4 members (excludes halogenated alkanes) is 1. The largest absolute Gasteiger partial charge is 0.488 e. The Balaban J connectivity index is 1.43. The van der Waals surface area contributed by atoms with E-state index in [4.69, 9.17) is 9.57 Å². The fraction of sp³-hybridized carbons (Fsp3) is 0.409. The van der Waals surface area contributed by atoms with Crippen molar-refractivity contribution < 1.29 is 14.4 Å². The quantitative estimate of drug-likeness (QED) is 0.573. The van der Waals surface area contributed by atoms with Crippen LogP contribution in [0.15, 0.2) is 48.5 Å². The highest BCUT2D eigenvalue weighted by atomic mass is 16.7. The van der Waals surface area contributed by atoms with Crippen molar-refractivity contribution in [1.29, 1.82) is 0 Å². The molecule has 0 radical (unpaired) electrons. The molecule has 4 rings (SSSR count). The average Bonchev–Trinajstić information content (AvgIpc) is 3.17. The Bertz CT molecular complexity index is 949. The molecule has 0 atom stereocenters. The van der Waals surface area contributed by atoms with Crippen molar-refractivity contribution in [2.45, 2.75) is 38.7 Å². The maximum atomic E-state index is 12.3. The zero-order valence-electron chi connectivity index (χ0n) is 16.7. The SMILES string of the molecule is CCCCN1CCC(Oc2cccc3c2nnn3OC(=O)c2ccccc2)CC1. The van der Waals surface area contributed by atoms with Crippen molar-refractivity contribution in [3.63, 3.8) is 0 Å². The molecule has 0 saturated carbocycles. The van der Waals surface area contributed by atoms with Crippen LogP contribution < -0.4 is 9.57 Å². The third-order valence-corrected chi connectivity index (χ3v) is 5.24. The van der Waals surface area contributed by atoms with Crippen LogP contribution in [0.4, 0.5) is 0 Å². The molecule has 1 aliphatic rings. The van der Waals surface area contributed by atoms with E-state index < -0.39 is 5.97 Å². The van der Waals surface area contributed by atoms with Crippen LogP contribution >= 0.6 is 0 Å². The number of fused-ring (bicyclic) bond motifs is 1. The first kappa shape index (κ1) is 19.4. The van der Waals surface area contributed by atoms with E-state index in [-0.39, 0.29) is 6.10 Å². The van der Waals surface area contributed by atoms with Crippen molar-refractivity contribution in [3.8, 4) is 5.75 Å². The first-order chi connectivity index (χ1) is 14.2. The lowest BCUT2D eigenvalue weighted by Gasteiger charge is -2.32. The fourth-order valence-electron chi connectivity index (χ4n) is 3.58. The van der Waals surface area contributed by atoms with Crippen LogP contribution in [0.2, 0.25) is 0 Å². The number of likely N-dealkylation sites (tertiary alicyclic amines) is 1. The molecule has 0 bridgehead atoms. The zero-order valence-corrected chi connectivity index (χ0v) is 16.7. The number of ether oxygens (including phenoxy) is 1. The summed E-state index contributed by atoms with van der Waals surface area (Å²) in [5, 5.41) is 8.18. The van der Waals surface area contributed by atoms with E-state index in [9.17, 15) is 4.79 Å². The van der Waals surface area contributed by atoms with E-state index in [1.807, 2.05) is 24.3 Å². The zero-order chi connectivity index (χ0) is 20.1. The highest BCUT2D eigenvalue weighted by Crippen LogP contribution is 2.26. The number of carbonyl (C=O) groups excluding carboxylic acids is 1. The van der Waals surface area contributed by atoms with E-state index in [2.05, 4.69) is 22.1 Å². The maximum Gasteiger partial charge on any atom is 0.365 e. The van der Waals surface area contributed by atoms with Gasteiger partial charge in [0.1, 0.15) is 17.4 Å². The first-order valence-electron chi connectivity index (χ1n) is 10.3. The van der Waals surface area contributed by atoms with Gasteiger partial charge in [-0.1, -0.05) is 42.5 Å². The van der Waals surface area contributed by atoms with E-state index in [0.717, 1.165) is 30.8 Å². The number of nitrogens with zero attached hydrogens (tertiary/aromatic N) is 4. The predicted octanol–water partition coefficient (Wildman–Crippen LogP) is 3.34. The highest BCUT2D eigenvalue weighted by Gasteiger charge is 2.22. The van der Waals surface area contributed by atoms with Gasteiger partial charge in [0.25, 0.3) is 0 Å². The normalized spacial score (nSPS) is 15.5. The van der Waals surface area contributed by atoms with Gasteiger partial charge in [-0.2, -0.15) is 0 Å². The molecule has 29 heavy (non-hydrogen) atoms. The molecule has 0 N–H and O–H groups in total. The molecular formula is C22H26N4O3. The number of hydrogen-bond acceptors (Lipinski definition) is 6. The van der Waals surface area contributed by atoms with Crippen LogP contribution in [-0.2, 0) is 0 Å². The molecule has 2 heterocycles. The number of piperidine rings is 1. The van der Waals surface area contributed by atoms with Crippen LogP contribution in [0.3, 0.4) is 0 Å². The highest BCUT2D eigenvalue weighted by molar-refractivity contribution is 5.90. The molecule has 0 amide bonds. The minimum absolute atomic E-state index is 0.162. The van der Waals surface area contributed by atoms with Gasteiger partial charge in [0.2, 0.25) is 0 Å².